The van der Waals surface area contributed by atoms with Crippen LogP contribution in [0.25, 0.3) is 0 Å². The molecule has 0 unspecified atom stereocenters. The molecule has 1 aliphatic carbocycles. The summed E-state index contributed by atoms with van der Waals surface area (Å²) in [6.07, 6.45) is 3.57. The first-order valence-corrected chi connectivity index (χ1v) is 6.12. The van der Waals surface area contributed by atoms with Gasteiger partial charge in [-0.3, -0.25) is 0 Å². The Morgan fingerprint density at radius 1 is 1.38 bits per heavy atom. The third-order valence-electron chi connectivity index (χ3n) is 3.69. The van der Waals surface area contributed by atoms with Gasteiger partial charge < -0.3 is 10.1 Å². The molecule has 88 valence electrons. The highest BCUT2D eigenvalue weighted by Gasteiger charge is 2.30. The molecule has 0 aromatic heterocycles. The minimum atomic E-state index is 0.680. The minimum Gasteiger partial charge on any atom is -0.496 e. The summed E-state index contributed by atoms with van der Waals surface area (Å²) in [5, 5.41) is 3.33. The molecule has 0 aliphatic heterocycles. The Balaban J connectivity index is 2.18. The van der Waals surface area contributed by atoms with E-state index in [1.165, 1.54) is 24.0 Å². The van der Waals surface area contributed by atoms with E-state index in [2.05, 4.69) is 30.4 Å². The normalized spacial score (nSPS) is 23.9. The standard InChI is InChI=1S/C14H21NO/c1-4-10-5-6-14(16-3)13(7-10)11-8-12(9-11)15-2/h5-7,11-12,15H,4,8-9H2,1-3H3. The van der Waals surface area contributed by atoms with Crippen molar-refractivity contribution >= 4 is 0 Å². The van der Waals surface area contributed by atoms with Gasteiger partial charge in [-0.1, -0.05) is 19.1 Å². The molecule has 0 spiro atoms. The first-order chi connectivity index (χ1) is 7.78. The first-order valence-electron chi connectivity index (χ1n) is 6.12. The summed E-state index contributed by atoms with van der Waals surface area (Å²) in [7, 11) is 3.80. The number of benzene rings is 1. The summed E-state index contributed by atoms with van der Waals surface area (Å²) >= 11 is 0. The molecule has 2 heteroatoms. The van der Waals surface area contributed by atoms with Crippen LogP contribution in [0, 0.1) is 0 Å². The van der Waals surface area contributed by atoms with E-state index < -0.39 is 0 Å². The zero-order valence-corrected chi connectivity index (χ0v) is 10.4. The molecule has 2 rings (SSSR count). The van der Waals surface area contributed by atoms with Gasteiger partial charge in [0.1, 0.15) is 5.75 Å². The van der Waals surface area contributed by atoms with Crippen molar-refractivity contribution in [3.05, 3.63) is 29.3 Å². The van der Waals surface area contributed by atoms with Crippen molar-refractivity contribution in [2.45, 2.75) is 38.1 Å². The fraction of sp³-hybridized carbons (Fsp3) is 0.571. The van der Waals surface area contributed by atoms with E-state index in [1.807, 2.05) is 7.05 Å². The zero-order valence-electron chi connectivity index (χ0n) is 10.4. The van der Waals surface area contributed by atoms with Gasteiger partial charge >= 0.3 is 0 Å². The van der Waals surface area contributed by atoms with Crippen LogP contribution in [0.3, 0.4) is 0 Å². The highest BCUT2D eigenvalue weighted by atomic mass is 16.5. The molecular formula is C14H21NO. The van der Waals surface area contributed by atoms with E-state index in [-0.39, 0.29) is 0 Å². The third kappa shape index (κ3) is 2.07. The Kier molecular flexibility index (Phi) is 3.49. The van der Waals surface area contributed by atoms with Crippen LogP contribution in [-0.2, 0) is 6.42 Å². The lowest BCUT2D eigenvalue weighted by atomic mass is 9.75. The molecular weight excluding hydrogens is 198 g/mol. The SMILES string of the molecule is CCc1ccc(OC)c(C2CC(NC)C2)c1. The highest BCUT2D eigenvalue weighted by molar-refractivity contribution is 5.41. The Hall–Kier alpha value is -1.02. The van der Waals surface area contributed by atoms with Gasteiger partial charge in [-0.15, -0.1) is 0 Å². The van der Waals surface area contributed by atoms with Crippen molar-refractivity contribution in [3.63, 3.8) is 0 Å². The lowest BCUT2D eigenvalue weighted by molar-refractivity contribution is 0.297. The molecule has 0 bridgehead atoms. The molecule has 2 nitrogen and oxygen atoms in total. The average molecular weight is 219 g/mol. The van der Waals surface area contributed by atoms with Crippen LogP contribution in [0.1, 0.15) is 36.8 Å². The number of hydrogen-bond donors (Lipinski definition) is 1. The summed E-state index contributed by atoms with van der Waals surface area (Å²) in [5.74, 6) is 1.73. The molecule has 0 atom stereocenters. The monoisotopic (exact) mass is 219 g/mol. The van der Waals surface area contributed by atoms with Crippen molar-refractivity contribution in [1.82, 2.24) is 5.32 Å². The topological polar surface area (TPSA) is 21.3 Å². The maximum absolute atomic E-state index is 5.45. The fourth-order valence-corrected chi connectivity index (χ4v) is 2.43. The number of hydrogen-bond acceptors (Lipinski definition) is 2. The van der Waals surface area contributed by atoms with Gasteiger partial charge in [-0.05, 0) is 49.4 Å². The lowest BCUT2D eigenvalue weighted by Gasteiger charge is -2.36. The number of aryl methyl sites for hydroxylation is 1. The largest absolute Gasteiger partial charge is 0.496 e. The van der Waals surface area contributed by atoms with Crippen molar-refractivity contribution < 1.29 is 4.74 Å². The van der Waals surface area contributed by atoms with Gasteiger partial charge in [-0.2, -0.15) is 0 Å². The molecule has 1 aromatic carbocycles. The molecule has 16 heavy (non-hydrogen) atoms. The van der Waals surface area contributed by atoms with Crippen molar-refractivity contribution in [2.75, 3.05) is 14.2 Å². The van der Waals surface area contributed by atoms with Crippen LogP contribution in [0.2, 0.25) is 0 Å². The van der Waals surface area contributed by atoms with Gasteiger partial charge in [0.2, 0.25) is 0 Å². The predicted molar refractivity (Wildman–Crippen MR) is 67.2 cm³/mol. The number of methoxy groups -OCH3 is 1. The Morgan fingerprint density at radius 2 is 2.12 bits per heavy atom. The lowest BCUT2D eigenvalue weighted by Crippen LogP contribution is -2.37. The maximum Gasteiger partial charge on any atom is 0.122 e. The quantitative estimate of drug-likeness (QED) is 0.840. The van der Waals surface area contributed by atoms with Crippen LogP contribution in [-0.4, -0.2) is 20.2 Å². The Labute approximate surface area is 98.0 Å². The molecule has 1 aromatic rings. The predicted octanol–water partition coefficient (Wildman–Crippen LogP) is 2.72. The average Bonchev–Trinajstić information content (AvgIpc) is 2.27. The Morgan fingerprint density at radius 3 is 2.69 bits per heavy atom. The molecule has 0 amide bonds. The first kappa shape index (κ1) is 11.5. The van der Waals surface area contributed by atoms with E-state index >= 15 is 0 Å². The second kappa shape index (κ2) is 4.88. The van der Waals surface area contributed by atoms with Crippen LogP contribution in [0.5, 0.6) is 5.75 Å². The molecule has 1 N–H and O–H groups in total. The van der Waals surface area contributed by atoms with E-state index in [0.717, 1.165) is 12.2 Å². The number of rotatable bonds is 4. The number of ether oxygens (including phenoxy) is 1. The summed E-state index contributed by atoms with van der Waals surface area (Å²) < 4.78 is 5.45. The van der Waals surface area contributed by atoms with E-state index in [9.17, 15) is 0 Å². The summed E-state index contributed by atoms with van der Waals surface area (Å²) in [4.78, 5) is 0. The van der Waals surface area contributed by atoms with E-state index in [4.69, 9.17) is 4.74 Å². The van der Waals surface area contributed by atoms with Gasteiger partial charge in [0, 0.05) is 6.04 Å². The van der Waals surface area contributed by atoms with Crippen LogP contribution in [0.15, 0.2) is 18.2 Å². The summed E-state index contributed by atoms with van der Waals surface area (Å²) in [6.45, 7) is 2.20. The maximum atomic E-state index is 5.45. The second-order valence-corrected chi connectivity index (χ2v) is 4.58. The summed E-state index contributed by atoms with van der Waals surface area (Å²) in [5.41, 5.74) is 2.80. The van der Waals surface area contributed by atoms with Crippen LogP contribution < -0.4 is 10.1 Å². The molecule has 1 aliphatic rings. The van der Waals surface area contributed by atoms with Crippen LogP contribution in [0.4, 0.5) is 0 Å². The summed E-state index contributed by atoms with van der Waals surface area (Å²) in [6, 6.07) is 7.28. The molecule has 0 saturated heterocycles. The minimum absolute atomic E-state index is 0.680. The van der Waals surface area contributed by atoms with E-state index in [0.29, 0.717) is 12.0 Å². The Bertz CT molecular complexity index is 356. The molecule has 1 saturated carbocycles. The van der Waals surface area contributed by atoms with Crippen molar-refractivity contribution in [1.29, 1.82) is 0 Å². The van der Waals surface area contributed by atoms with Crippen molar-refractivity contribution in [2.24, 2.45) is 0 Å². The number of nitrogens with one attached hydrogen (secondary N) is 1. The second-order valence-electron chi connectivity index (χ2n) is 4.58. The van der Waals surface area contributed by atoms with Gasteiger partial charge in [-0.25, -0.2) is 0 Å². The van der Waals surface area contributed by atoms with Gasteiger partial charge in [0.15, 0.2) is 0 Å². The smallest absolute Gasteiger partial charge is 0.122 e. The molecule has 0 radical (unpaired) electrons. The van der Waals surface area contributed by atoms with E-state index in [1.54, 1.807) is 7.11 Å². The van der Waals surface area contributed by atoms with Gasteiger partial charge in [0.05, 0.1) is 7.11 Å². The fourth-order valence-electron chi connectivity index (χ4n) is 2.43. The zero-order chi connectivity index (χ0) is 11.5. The van der Waals surface area contributed by atoms with Crippen LogP contribution >= 0.6 is 0 Å². The third-order valence-corrected chi connectivity index (χ3v) is 3.69. The van der Waals surface area contributed by atoms with Crippen molar-refractivity contribution in [3.8, 4) is 5.75 Å². The molecule has 1 fully saturated rings. The highest BCUT2D eigenvalue weighted by Crippen LogP contribution is 2.41. The van der Waals surface area contributed by atoms with Gasteiger partial charge in [0.25, 0.3) is 0 Å². The molecule has 0 heterocycles.